The van der Waals surface area contributed by atoms with Crippen LogP contribution in [0.15, 0.2) is 55.1 Å². The van der Waals surface area contributed by atoms with E-state index >= 15 is 0 Å². The van der Waals surface area contributed by atoms with E-state index in [1.807, 2.05) is 63.3 Å². The first-order valence-corrected chi connectivity index (χ1v) is 8.05. The number of carbonyl (C=O) groups is 1. The van der Waals surface area contributed by atoms with E-state index in [1.165, 1.54) is 0 Å². The molecule has 0 spiro atoms. The average Bonchev–Trinajstić information content (AvgIpc) is 2.53. The van der Waals surface area contributed by atoms with Crippen LogP contribution in [0.25, 0.3) is 0 Å². The lowest BCUT2D eigenvalue weighted by molar-refractivity contribution is -0.153. The maximum atomic E-state index is 11.6. The third-order valence-corrected chi connectivity index (χ3v) is 3.50. The number of benzene rings is 1. The van der Waals surface area contributed by atoms with Crippen molar-refractivity contribution >= 4 is 5.97 Å². The van der Waals surface area contributed by atoms with Crippen LogP contribution in [0, 0.1) is 11.3 Å². The molecule has 0 aliphatic carbocycles. The van der Waals surface area contributed by atoms with Crippen molar-refractivity contribution in [3.8, 4) is 0 Å². The summed E-state index contributed by atoms with van der Waals surface area (Å²) in [5.74, 6) is -0.306. The van der Waals surface area contributed by atoms with E-state index in [-0.39, 0.29) is 11.9 Å². The van der Waals surface area contributed by atoms with Crippen LogP contribution in [0.5, 0.6) is 0 Å². The van der Waals surface area contributed by atoms with Gasteiger partial charge in [-0.25, -0.2) is 0 Å². The van der Waals surface area contributed by atoms with E-state index in [1.54, 1.807) is 6.08 Å². The molecule has 0 fully saturated rings. The number of allylic oxidation sites excluding steroid dienone is 1. The SMILES string of the molecule is C=CC(/C=C/CCCOC(=O)C(C)(C)C)C(O)c1ccccc1. The summed E-state index contributed by atoms with van der Waals surface area (Å²) in [5.41, 5.74) is 0.421. The largest absolute Gasteiger partial charge is 0.465 e. The maximum Gasteiger partial charge on any atom is 0.311 e. The van der Waals surface area contributed by atoms with Gasteiger partial charge in [0, 0.05) is 5.92 Å². The highest BCUT2D eigenvalue weighted by Gasteiger charge is 2.22. The molecular weight excluding hydrogens is 288 g/mol. The van der Waals surface area contributed by atoms with Gasteiger partial charge < -0.3 is 9.84 Å². The van der Waals surface area contributed by atoms with Gasteiger partial charge in [-0.3, -0.25) is 4.79 Å². The molecule has 2 unspecified atom stereocenters. The second-order valence-electron chi connectivity index (χ2n) is 6.62. The van der Waals surface area contributed by atoms with E-state index in [4.69, 9.17) is 4.74 Å². The molecule has 3 nitrogen and oxygen atoms in total. The Morgan fingerprint density at radius 3 is 2.52 bits per heavy atom. The highest BCUT2D eigenvalue weighted by atomic mass is 16.5. The molecule has 0 amide bonds. The smallest absolute Gasteiger partial charge is 0.311 e. The molecule has 23 heavy (non-hydrogen) atoms. The third-order valence-electron chi connectivity index (χ3n) is 3.50. The van der Waals surface area contributed by atoms with E-state index < -0.39 is 11.5 Å². The Bertz CT molecular complexity index is 511. The lowest BCUT2D eigenvalue weighted by atomic mass is 9.95. The highest BCUT2D eigenvalue weighted by molar-refractivity contribution is 5.75. The van der Waals surface area contributed by atoms with Crippen molar-refractivity contribution in [2.24, 2.45) is 11.3 Å². The Morgan fingerprint density at radius 1 is 1.30 bits per heavy atom. The van der Waals surface area contributed by atoms with Crippen LogP contribution >= 0.6 is 0 Å². The van der Waals surface area contributed by atoms with Crippen molar-refractivity contribution in [2.45, 2.75) is 39.7 Å². The van der Waals surface area contributed by atoms with Crippen molar-refractivity contribution in [2.75, 3.05) is 6.61 Å². The van der Waals surface area contributed by atoms with E-state index in [9.17, 15) is 9.90 Å². The number of aliphatic hydroxyl groups excluding tert-OH is 1. The van der Waals surface area contributed by atoms with Crippen LogP contribution in [0.3, 0.4) is 0 Å². The standard InChI is InChI=1S/C20H28O3/c1-5-16(18(21)17-13-8-6-9-14-17)12-10-7-11-15-23-19(22)20(2,3)4/h5-6,8-10,12-14,16,18,21H,1,7,11,15H2,2-4H3/b12-10+. The van der Waals surface area contributed by atoms with Crippen LogP contribution in [-0.4, -0.2) is 17.7 Å². The first-order chi connectivity index (χ1) is 10.9. The number of unbranched alkanes of at least 4 members (excludes halogenated alkanes) is 1. The fourth-order valence-corrected chi connectivity index (χ4v) is 2.02. The number of aliphatic hydroxyl groups is 1. The van der Waals surface area contributed by atoms with Gasteiger partial charge in [-0.15, -0.1) is 6.58 Å². The Labute approximate surface area is 139 Å². The van der Waals surface area contributed by atoms with Crippen LogP contribution in [0.1, 0.15) is 45.3 Å². The minimum atomic E-state index is -0.594. The Balaban J connectivity index is 2.38. The number of rotatable bonds is 8. The van der Waals surface area contributed by atoms with Crippen LogP contribution < -0.4 is 0 Å². The van der Waals surface area contributed by atoms with Crippen molar-refractivity contribution < 1.29 is 14.6 Å². The molecule has 126 valence electrons. The lowest BCUT2D eigenvalue weighted by Gasteiger charge is -2.17. The first-order valence-electron chi connectivity index (χ1n) is 8.05. The molecular formula is C20H28O3. The molecule has 3 heteroatoms. The second-order valence-corrected chi connectivity index (χ2v) is 6.62. The zero-order chi connectivity index (χ0) is 17.3. The number of hydrogen-bond acceptors (Lipinski definition) is 3. The van der Waals surface area contributed by atoms with E-state index in [2.05, 4.69) is 6.58 Å². The minimum absolute atomic E-state index is 0.130. The second kappa shape index (κ2) is 9.31. The van der Waals surface area contributed by atoms with Gasteiger partial charge in [0.15, 0.2) is 0 Å². The van der Waals surface area contributed by atoms with Gasteiger partial charge in [0.05, 0.1) is 18.1 Å². The molecule has 0 saturated heterocycles. The Hall–Kier alpha value is -1.87. The molecule has 0 aromatic heterocycles. The molecule has 0 aliphatic heterocycles. The molecule has 2 atom stereocenters. The Kier molecular flexibility index (Phi) is 7.76. The third kappa shape index (κ3) is 6.83. The van der Waals surface area contributed by atoms with Crippen LogP contribution in [-0.2, 0) is 9.53 Å². The predicted octanol–water partition coefficient (Wildman–Crippen LogP) is 4.45. The number of carbonyl (C=O) groups excluding carboxylic acids is 1. The van der Waals surface area contributed by atoms with Crippen LogP contribution in [0.4, 0.5) is 0 Å². The molecule has 1 N–H and O–H groups in total. The summed E-state index contributed by atoms with van der Waals surface area (Å²) < 4.78 is 5.21. The normalized spacial score (nSPS) is 14.4. The summed E-state index contributed by atoms with van der Waals surface area (Å²) >= 11 is 0. The molecule has 1 aromatic rings. The zero-order valence-corrected chi connectivity index (χ0v) is 14.4. The zero-order valence-electron chi connectivity index (χ0n) is 14.4. The van der Waals surface area contributed by atoms with E-state index in [0.717, 1.165) is 18.4 Å². The van der Waals surface area contributed by atoms with Crippen molar-refractivity contribution in [3.05, 3.63) is 60.7 Å². The monoisotopic (exact) mass is 316 g/mol. The molecule has 0 heterocycles. The summed E-state index contributed by atoms with van der Waals surface area (Å²) in [6.07, 6.45) is 6.67. The van der Waals surface area contributed by atoms with Gasteiger partial charge in [-0.05, 0) is 39.2 Å². The van der Waals surface area contributed by atoms with Gasteiger partial charge in [0.2, 0.25) is 0 Å². The van der Waals surface area contributed by atoms with Gasteiger partial charge in [-0.1, -0.05) is 48.6 Å². The molecule has 0 aliphatic rings. The minimum Gasteiger partial charge on any atom is -0.465 e. The quantitative estimate of drug-likeness (QED) is 0.438. The van der Waals surface area contributed by atoms with Gasteiger partial charge in [0.1, 0.15) is 0 Å². The summed E-state index contributed by atoms with van der Waals surface area (Å²) in [5, 5.41) is 10.4. The van der Waals surface area contributed by atoms with Gasteiger partial charge in [0.25, 0.3) is 0 Å². The van der Waals surface area contributed by atoms with Crippen molar-refractivity contribution in [3.63, 3.8) is 0 Å². The summed E-state index contributed by atoms with van der Waals surface area (Å²) in [6.45, 7) is 9.74. The topological polar surface area (TPSA) is 46.5 Å². The summed E-state index contributed by atoms with van der Waals surface area (Å²) in [7, 11) is 0. The fourth-order valence-electron chi connectivity index (χ4n) is 2.02. The highest BCUT2D eigenvalue weighted by Crippen LogP contribution is 2.24. The number of ether oxygens (including phenoxy) is 1. The van der Waals surface area contributed by atoms with Crippen molar-refractivity contribution in [1.29, 1.82) is 0 Å². The van der Waals surface area contributed by atoms with Gasteiger partial charge in [-0.2, -0.15) is 0 Å². The molecule has 0 radical (unpaired) electrons. The lowest BCUT2D eigenvalue weighted by Crippen LogP contribution is -2.23. The Morgan fingerprint density at radius 2 is 1.96 bits per heavy atom. The summed E-state index contributed by atoms with van der Waals surface area (Å²) in [4.78, 5) is 11.6. The average molecular weight is 316 g/mol. The number of hydrogen-bond donors (Lipinski definition) is 1. The summed E-state index contributed by atoms with van der Waals surface area (Å²) in [6, 6.07) is 9.55. The molecule has 0 saturated carbocycles. The van der Waals surface area contributed by atoms with Crippen molar-refractivity contribution in [1.82, 2.24) is 0 Å². The van der Waals surface area contributed by atoms with E-state index in [0.29, 0.717) is 6.61 Å². The number of esters is 1. The maximum absolute atomic E-state index is 11.6. The molecule has 1 aromatic carbocycles. The molecule has 0 bridgehead atoms. The van der Waals surface area contributed by atoms with Gasteiger partial charge >= 0.3 is 5.97 Å². The fraction of sp³-hybridized carbons (Fsp3) is 0.450. The molecule has 1 rings (SSSR count). The first kappa shape index (κ1) is 19.2. The van der Waals surface area contributed by atoms with Crippen LogP contribution in [0.2, 0.25) is 0 Å². The predicted molar refractivity (Wildman–Crippen MR) is 93.9 cm³/mol.